The summed E-state index contributed by atoms with van der Waals surface area (Å²) in [6.45, 7) is 19.4. The van der Waals surface area contributed by atoms with Gasteiger partial charge in [0, 0.05) is 6.61 Å². The van der Waals surface area contributed by atoms with E-state index in [1.54, 1.807) is 0 Å². The van der Waals surface area contributed by atoms with Gasteiger partial charge in [-0.3, -0.25) is 0 Å². The SMILES string of the molecule is CC(C)COC(C)COC(C)COC(C)COC(C)C(C)C. The van der Waals surface area contributed by atoms with Crippen molar-refractivity contribution in [3.8, 4) is 0 Å². The molecule has 0 saturated heterocycles. The zero-order valence-corrected chi connectivity index (χ0v) is 15.9. The molecule has 0 rings (SSSR count). The van der Waals surface area contributed by atoms with Crippen LogP contribution in [-0.4, -0.2) is 50.8 Å². The Labute approximate surface area is 137 Å². The Hall–Kier alpha value is -0.160. The van der Waals surface area contributed by atoms with Crippen LogP contribution in [0.1, 0.15) is 55.4 Å². The van der Waals surface area contributed by atoms with Crippen LogP contribution in [0, 0.1) is 11.8 Å². The van der Waals surface area contributed by atoms with Gasteiger partial charge in [-0.25, -0.2) is 0 Å². The maximum absolute atomic E-state index is 5.77. The first kappa shape index (κ1) is 21.8. The van der Waals surface area contributed by atoms with E-state index in [-0.39, 0.29) is 24.4 Å². The highest BCUT2D eigenvalue weighted by Gasteiger charge is 2.12. The van der Waals surface area contributed by atoms with Gasteiger partial charge < -0.3 is 18.9 Å². The molecule has 4 nitrogen and oxygen atoms in total. The molecule has 4 atom stereocenters. The Morgan fingerprint density at radius 2 is 0.864 bits per heavy atom. The average molecular weight is 318 g/mol. The smallest absolute Gasteiger partial charge is 0.0781 e. The summed E-state index contributed by atoms with van der Waals surface area (Å²) < 4.78 is 23.0. The van der Waals surface area contributed by atoms with E-state index < -0.39 is 0 Å². The van der Waals surface area contributed by atoms with E-state index in [4.69, 9.17) is 18.9 Å². The first-order valence-electron chi connectivity index (χ1n) is 8.68. The van der Waals surface area contributed by atoms with Crippen molar-refractivity contribution in [1.82, 2.24) is 0 Å². The predicted molar refractivity (Wildman–Crippen MR) is 91.3 cm³/mol. The minimum atomic E-state index is 0.0649. The van der Waals surface area contributed by atoms with Crippen molar-refractivity contribution in [3.63, 3.8) is 0 Å². The minimum absolute atomic E-state index is 0.0649. The lowest BCUT2D eigenvalue weighted by Gasteiger charge is -2.22. The zero-order chi connectivity index (χ0) is 17.1. The van der Waals surface area contributed by atoms with Gasteiger partial charge in [0.1, 0.15) is 0 Å². The summed E-state index contributed by atoms with van der Waals surface area (Å²) >= 11 is 0. The lowest BCUT2D eigenvalue weighted by Crippen LogP contribution is -2.28. The molecule has 0 amide bonds. The maximum Gasteiger partial charge on any atom is 0.0781 e. The lowest BCUT2D eigenvalue weighted by atomic mass is 10.1. The highest BCUT2D eigenvalue weighted by atomic mass is 16.6. The summed E-state index contributed by atoms with van der Waals surface area (Å²) in [7, 11) is 0. The van der Waals surface area contributed by atoms with Gasteiger partial charge in [-0.1, -0.05) is 27.7 Å². The molecular formula is C18H38O4. The van der Waals surface area contributed by atoms with Gasteiger partial charge in [0.2, 0.25) is 0 Å². The van der Waals surface area contributed by atoms with E-state index >= 15 is 0 Å². The van der Waals surface area contributed by atoms with Crippen molar-refractivity contribution in [3.05, 3.63) is 0 Å². The highest BCUT2D eigenvalue weighted by molar-refractivity contribution is 4.58. The number of hydrogen-bond acceptors (Lipinski definition) is 4. The third-order valence-electron chi connectivity index (χ3n) is 3.48. The van der Waals surface area contributed by atoms with E-state index in [1.807, 2.05) is 20.8 Å². The first-order valence-corrected chi connectivity index (χ1v) is 8.68. The molecule has 0 heterocycles. The summed E-state index contributed by atoms with van der Waals surface area (Å²) in [6, 6.07) is 0. The van der Waals surface area contributed by atoms with E-state index in [9.17, 15) is 0 Å². The Balaban J connectivity index is 3.68. The van der Waals surface area contributed by atoms with Gasteiger partial charge in [-0.2, -0.15) is 0 Å². The third kappa shape index (κ3) is 12.4. The van der Waals surface area contributed by atoms with Crippen molar-refractivity contribution in [2.45, 2.75) is 79.8 Å². The fraction of sp³-hybridized carbons (Fsp3) is 1.00. The number of hydrogen-bond donors (Lipinski definition) is 0. The minimum Gasteiger partial charge on any atom is -0.376 e. The Bertz CT molecular complexity index is 255. The van der Waals surface area contributed by atoms with Crippen LogP contribution < -0.4 is 0 Å². The van der Waals surface area contributed by atoms with E-state index in [2.05, 4.69) is 34.6 Å². The normalized spacial score (nSPS) is 17.7. The topological polar surface area (TPSA) is 36.9 Å². The van der Waals surface area contributed by atoms with Gasteiger partial charge in [-0.15, -0.1) is 0 Å². The van der Waals surface area contributed by atoms with Crippen LogP contribution in [-0.2, 0) is 18.9 Å². The molecule has 0 aliphatic rings. The molecule has 0 saturated carbocycles. The second-order valence-electron chi connectivity index (χ2n) is 7.11. The van der Waals surface area contributed by atoms with Crippen molar-refractivity contribution in [1.29, 1.82) is 0 Å². The summed E-state index contributed by atoms with van der Waals surface area (Å²) in [5.41, 5.74) is 0. The van der Waals surface area contributed by atoms with Crippen LogP contribution in [0.15, 0.2) is 0 Å². The largest absolute Gasteiger partial charge is 0.376 e. The van der Waals surface area contributed by atoms with Gasteiger partial charge in [0.05, 0.1) is 44.2 Å². The molecule has 0 N–H and O–H groups in total. The van der Waals surface area contributed by atoms with Crippen molar-refractivity contribution >= 4 is 0 Å². The molecule has 4 heteroatoms. The fourth-order valence-corrected chi connectivity index (χ4v) is 1.58. The summed E-state index contributed by atoms with van der Waals surface area (Å²) in [5.74, 6) is 1.08. The first-order chi connectivity index (χ1) is 10.2. The van der Waals surface area contributed by atoms with Crippen LogP contribution in [0.5, 0.6) is 0 Å². The van der Waals surface area contributed by atoms with Gasteiger partial charge >= 0.3 is 0 Å². The van der Waals surface area contributed by atoms with Crippen LogP contribution in [0.3, 0.4) is 0 Å². The number of ether oxygens (including phenoxy) is 4. The summed E-state index contributed by atoms with van der Waals surface area (Å²) in [5, 5.41) is 0. The summed E-state index contributed by atoms with van der Waals surface area (Å²) in [4.78, 5) is 0. The molecule has 0 aliphatic heterocycles. The number of rotatable bonds is 13. The summed E-state index contributed by atoms with van der Waals surface area (Å²) in [6.07, 6.45) is 0.535. The van der Waals surface area contributed by atoms with E-state index in [0.717, 1.165) is 6.61 Å². The molecule has 22 heavy (non-hydrogen) atoms. The molecule has 0 aromatic rings. The second kappa shape index (κ2) is 12.3. The third-order valence-corrected chi connectivity index (χ3v) is 3.48. The maximum atomic E-state index is 5.77. The molecular weight excluding hydrogens is 280 g/mol. The van der Waals surface area contributed by atoms with Gasteiger partial charge in [0.25, 0.3) is 0 Å². The molecule has 0 spiro atoms. The molecule has 4 unspecified atom stereocenters. The quantitative estimate of drug-likeness (QED) is 0.516. The molecule has 0 aliphatic carbocycles. The lowest BCUT2D eigenvalue weighted by molar-refractivity contribution is -0.0904. The fourth-order valence-electron chi connectivity index (χ4n) is 1.58. The van der Waals surface area contributed by atoms with E-state index in [1.165, 1.54) is 0 Å². The highest BCUT2D eigenvalue weighted by Crippen LogP contribution is 2.07. The van der Waals surface area contributed by atoms with E-state index in [0.29, 0.717) is 31.7 Å². The van der Waals surface area contributed by atoms with Gasteiger partial charge in [-0.05, 0) is 39.5 Å². The van der Waals surface area contributed by atoms with Crippen LogP contribution in [0.25, 0.3) is 0 Å². The molecule has 0 radical (unpaired) electrons. The van der Waals surface area contributed by atoms with Crippen LogP contribution in [0.4, 0.5) is 0 Å². The standard InChI is InChI=1S/C18H38O4/c1-13(2)9-19-15(5)10-20-16(6)11-21-17(7)12-22-18(8)14(3)4/h13-18H,9-12H2,1-8H3. The van der Waals surface area contributed by atoms with Gasteiger partial charge in [0.15, 0.2) is 0 Å². The second-order valence-corrected chi connectivity index (χ2v) is 7.11. The Morgan fingerprint density at radius 1 is 0.500 bits per heavy atom. The van der Waals surface area contributed by atoms with Crippen molar-refractivity contribution in [2.24, 2.45) is 11.8 Å². The van der Waals surface area contributed by atoms with Crippen molar-refractivity contribution in [2.75, 3.05) is 26.4 Å². The zero-order valence-electron chi connectivity index (χ0n) is 15.9. The predicted octanol–water partition coefficient (Wildman–Crippen LogP) is 3.92. The molecule has 0 aromatic carbocycles. The average Bonchev–Trinajstić information content (AvgIpc) is 2.45. The molecule has 134 valence electrons. The monoisotopic (exact) mass is 318 g/mol. The molecule has 0 aromatic heterocycles. The molecule has 0 fully saturated rings. The van der Waals surface area contributed by atoms with Crippen LogP contribution >= 0.6 is 0 Å². The van der Waals surface area contributed by atoms with Crippen LogP contribution in [0.2, 0.25) is 0 Å². The molecule has 0 bridgehead atoms. The Kier molecular flexibility index (Phi) is 12.2. The Morgan fingerprint density at radius 3 is 1.23 bits per heavy atom. The van der Waals surface area contributed by atoms with Crippen molar-refractivity contribution < 1.29 is 18.9 Å².